The first-order chi connectivity index (χ1) is 7.52. The molecular formula is C9H10N2O5. The van der Waals surface area contributed by atoms with Gasteiger partial charge in [0, 0.05) is 13.1 Å². The fourth-order valence-corrected chi connectivity index (χ4v) is 1.29. The van der Waals surface area contributed by atoms with E-state index in [1.165, 1.54) is 7.05 Å². The maximum atomic E-state index is 11.4. The number of nitro groups is 1. The Labute approximate surface area is 90.8 Å². The zero-order valence-corrected chi connectivity index (χ0v) is 8.80. The lowest BCUT2D eigenvalue weighted by molar-refractivity contribution is -0.385. The van der Waals surface area contributed by atoms with Crippen molar-refractivity contribution >= 4 is 17.9 Å². The van der Waals surface area contributed by atoms with E-state index in [2.05, 4.69) is 0 Å². The molecule has 0 aliphatic carbocycles. The molecule has 0 amide bonds. The number of esters is 1. The van der Waals surface area contributed by atoms with Gasteiger partial charge in [-0.2, -0.15) is 0 Å². The molecule has 0 aliphatic heterocycles. The van der Waals surface area contributed by atoms with E-state index in [0.29, 0.717) is 6.29 Å². The second-order valence-corrected chi connectivity index (χ2v) is 2.95. The number of rotatable bonds is 4. The number of aldehydes is 1. The van der Waals surface area contributed by atoms with E-state index in [-0.39, 0.29) is 18.0 Å². The summed E-state index contributed by atoms with van der Waals surface area (Å²) in [6.07, 6.45) is 0.334. The Bertz CT molecular complexity index is 449. The molecule has 0 unspecified atom stereocenters. The molecule has 1 rings (SSSR count). The van der Waals surface area contributed by atoms with E-state index in [4.69, 9.17) is 4.74 Å². The first kappa shape index (κ1) is 11.9. The fraction of sp³-hybridized carbons (Fsp3) is 0.333. The van der Waals surface area contributed by atoms with Crippen molar-refractivity contribution in [1.82, 2.24) is 4.57 Å². The molecule has 0 aromatic carbocycles. The van der Waals surface area contributed by atoms with Crippen molar-refractivity contribution in [3.05, 3.63) is 27.6 Å². The van der Waals surface area contributed by atoms with E-state index >= 15 is 0 Å². The largest absolute Gasteiger partial charge is 0.461 e. The van der Waals surface area contributed by atoms with E-state index in [1.807, 2.05) is 0 Å². The summed E-state index contributed by atoms with van der Waals surface area (Å²) < 4.78 is 5.85. The summed E-state index contributed by atoms with van der Waals surface area (Å²) in [6, 6.07) is 1.03. The molecule has 0 N–H and O–H groups in total. The SMILES string of the molecule is CCOC(=O)c1cc([N+](=O)[O-])c(C=O)n1C. The maximum Gasteiger partial charge on any atom is 0.355 e. The average molecular weight is 226 g/mol. The van der Waals surface area contributed by atoms with Crippen LogP contribution in [0.1, 0.15) is 27.9 Å². The van der Waals surface area contributed by atoms with Gasteiger partial charge in [0.05, 0.1) is 11.5 Å². The van der Waals surface area contributed by atoms with Crippen LogP contribution < -0.4 is 0 Å². The van der Waals surface area contributed by atoms with Gasteiger partial charge in [-0.1, -0.05) is 0 Å². The fourth-order valence-electron chi connectivity index (χ4n) is 1.29. The normalized spacial score (nSPS) is 9.88. The van der Waals surface area contributed by atoms with Gasteiger partial charge >= 0.3 is 5.97 Å². The molecule has 0 atom stereocenters. The molecule has 86 valence electrons. The van der Waals surface area contributed by atoms with Crippen LogP contribution >= 0.6 is 0 Å². The summed E-state index contributed by atoms with van der Waals surface area (Å²) in [6.45, 7) is 1.78. The van der Waals surface area contributed by atoms with Crippen molar-refractivity contribution in [3.8, 4) is 0 Å². The molecule has 0 saturated carbocycles. The second-order valence-electron chi connectivity index (χ2n) is 2.95. The number of carbonyl (C=O) groups excluding carboxylic acids is 2. The molecule has 0 spiro atoms. The van der Waals surface area contributed by atoms with Gasteiger partial charge in [-0.25, -0.2) is 4.79 Å². The Morgan fingerprint density at radius 2 is 2.31 bits per heavy atom. The molecule has 1 heterocycles. The smallest absolute Gasteiger partial charge is 0.355 e. The number of hydrogen-bond acceptors (Lipinski definition) is 5. The Kier molecular flexibility index (Phi) is 3.39. The van der Waals surface area contributed by atoms with Gasteiger partial charge in [-0.05, 0) is 6.92 Å². The maximum absolute atomic E-state index is 11.4. The monoisotopic (exact) mass is 226 g/mol. The topological polar surface area (TPSA) is 91.4 Å². The third kappa shape index (κ3) is 1.92. The van der Waals surface area contributed by atoms with Crippen molar-refractivity contribution in [1.29, 1.82) is 0 Å². The summed E-state index contributed by atoms with van der Waals surface area (Å²) in [5.41, 5.74) is -0.579. The number of aromatic nitrogens is 1. The number of hydrogen-bond donors (Lipinski definition) is 0. The summed E-state index contributed by atoms with van der Waals surface area (Å²) in [5.74, 6) is -0.693. The quantitative estimate of drug-likeness (QED) is 0.329. The van der Waals surface area contributed by atoms with Crippen molar-refractivity contribution < 1.29 is 19.2 Å². The molecule has 0 aliphatic rings. The lowest BCUT2D eigenvalue weighted by atomic mass is 10.4. The van der Waals surface area contributed by atoms with Gasteiger partial charge in [-0.15, -0.1) is 0 Å². The number of nitrogens with zero attached hydrogens (tertiary/aromatic N) is 2. The van der Waals surface area contributed by atoms with Crippen LogP contribution in [0.4, 0.5) is 5.69 Å². The van der Waals surface area contributed by atoms with Gasteiger partial charge in [0.1, 0.15) is 5.69 Å². The third-order valence-electron chi connectivity index (χ3n) is 2.05. The lowest BCUT2D eigenvalue weighted by Gasteiger charge is -2.02. The Hall–Kier alpha value is -2.18. The summed E-state index contributed by atoms with van der Waals surface area (Å²) >= 11 is 0. The number of carbonyl (C=O) groups is 2. The van der Waals surface area contributed by atoms with Gasteiger partial charge in [0.2, 0.25) is 0 Å². The highest BCUT2D eigenvalue weighted by atomic mass is 16.6. The second kappa shape index (κ2) is 4.56. The predicted molar refractivity (Wildman–Crippen MR) is 53.4 cm³/mol. The molecule has 0 saturated heterocycles. The highest BCUT2D eigenvalue weighted by Crippen LogP contribution is 2.21. The van der Waals surface area contributed by atoms with E-state index in [1.54, 1.807) is 6.92 Å². The van der Waals surface area contributed by atoms with Crippen LogP contribution in [0.25, 0.3) is 0 Å². The van der Waals surface area contributed by atoms with Gasteiger partial charge in [0.15, 0.2) is 12.0 Å². The molecule has 16 heavy (non-hydrogen) atoms. The van der Waals surface area contributed by atoms with Gasteiger partial charge in [0.25, 0.3) is 5.69 Å². The molecule has 0 bridgehead atoms. The van der Waals surface area contributed by atoms with Crippen molar-refractivity contribution in [2.45, 2.75) is 6.92 Å². The summed E-state index contributed by atoms with van der Waals surface area (Å²) in [5, 5.41) is 10.6. The first-order valence-corrected chi connectivity index (χ1v) is 4.49. The molecule has 1 aromatic rings. The molecule has 1 aromatic heterocycles. The molecule has 0 fully saturated rings. The van der Waals surface area contributed by atoms with E-state index in [9.17, 15) is 19.7 Å². The molecule has 7 heteroatoms. The van der Waals surface area contributed by atoms with Crippen LogP contribution in [0.15, 0.2) is 6.07 Å². The predicted octanol–water partition coefficient (Wildman–Crippen LogP) is 0.922. The standard InChI is InChI=1S/C9H10N2O5/c1-3-16-9(13)7-4-6(11(14)15)8(5-12)10(7)2/h4-5H,3H2,1-2H3. The summed E-state index contributed by atoms with van der Waals surface area (Å²) in [7, 11) is 1.39. The average Bonchev–Trinajstić information content (AvgIpc) is 2.55. The van der Waals surface area contributed by atoms with Crippen LogP contribution in [0.3, 0.4) is 0 Å². The van der Waals surface area contributed by atoms with E-state index in [0.717, 1.165) is 10.6 Å². The van der Waals surface area contributed by atoms with Crippen LogP contribution in [0.2, 0.25) is 0 Å². The number of ether oxygens (including phenoxy) is 1. The van der Waals surface area contributed by atoms with Gasteiger partial charge in [-0.3, -0.25) is 14.9 Å². The van der Waals surface area contributed by atoms with Crippen LogP contribution in [-0.2, 0) is 11.8 Å². The van der Waals surface area contributed by atoms with Crippen molar-refractivity contribution in [3.63, 3.8) is 0 Å². The highest BCUT2D eigenvalue weighted by Gasteiger charge is 2.25. The Morgan fingerprint density at radius 1 is 1.69 bits per heavy atom. The minimum atomic E-state index is -0.716. The molecule has 0 radical (unpaired) electrons. The van der Waals surface area contributed by atoms with E-state index < -0.39 is 16.6 Å². The van der Waals surface area contributed by atoms with Crippen LogP contribution in [-0.4, -0.2) is 28.4 Å². The minimum Gasteiger partial charge on any atom is -0.461 e. The minimum absolute atomic E-state index is 0.0179. The van der Waals surface area contributed by atoms with Crippen LogP contribution in [0, 0.1) is 10.1 Å². The van der Waals surface area contributed by atoms with Gasteiger partial charge < -0.3 is 9.30 Å². The Balaban J connectivity index is 3.27. The zero-order valence-electron chi connectivity index (χ0n) is 8.80. The molecule has 7 nitrogen and oxygen atoms in total. The highest BCUT2D eigenvalue weighted by molar-refractivity contribution is 5.92. The molecular weight excluding hydrogens is 216 g/mol. The zero-order chi connectivity index (χ0) is 12.3. The van der Waals surface area contributed by atoms with Crippen LogP contribution in [0.5, 0.6) is 0 Å². The lowest BCUT2D eigenvalue weighted by Crippen LogP contribution is -2.10. The first-order valence-electron chi connectivity index (χ1n) is 4.49. The third-order valence-corrected chi connectivity index (χ3v) is 2.05. The van der Waals surface area contributed by atoms with Crippen molar-refractivity contribution in [2.24, 2.45) is 7.05 Å². The summed E-state index contributed by atoms with van der Waals surface area (Å²) in [4.78, 5) is 31.9. The Morgan fingerprint density at radius 3 is 2.69 bits per heavy atom. The van der Waals surface area contributed by atoms with Crippen molar-refractivity contribution in [2.75, 3.05) is 6.61 Å².